The van der Waals surface area contributed by atoms with Gasteiger partial charge in [-0.05, 0) is 31.9 Å². The second-order valence-electron chi connectivity index (χ2n) is 4.71. The second-order valence-corrected chi connectivity index (χ2v) is 4.71. The molecule has 1 aliphatic carbocycles. The van der Waals surface area contributed by atoms with Crippen LogP contribution in [0.4, 0.5) is 0 Å². The van der Waals surface area contributed by atoms with Crippen molar-refractivity contribution in [2.45, 2.75) is 19.8 Å². The van der Waals surface area contributed by atoms with Crippen LogP contribution in [0.2, 0.25) is 0 Å². The maximum Gasteiger partial charge on any atom is 0.251 e. The van der Waals surface area contributed by atoms with E-state index < -0.39 is 0 Å². The highest BCUT2D eigenvalue weighted by Crippen LogP contribution is 2.44. The summed E-state index contributed by atoms with van der Waals surface area (Å²) in [6.07, 6.45) is 2.02. The average molecular weight is 219 g/mol. The van der Waals surface area contributed by atoms with Gasteiger partial charge < -0.3 is 10.4 Å². The first-order valence-corrected chi connectivity index (χ1v) is 5.61. The Morgan fingerprint density at radius 2 is 2.00 bits per heavy atom. The molecule has 2 rings (SSSR count). The van der Waals surface area contributed by atoms with Crippen LogP contribution in [-0.4, -0.2) is 24.2 Å². The van der Waals surface area contributed by atoms with Gasteiger partial charge in [0.2, 0.25) is 0 Å². The molecule has 86 valence electrons. The Hall–Kier alpha value is -1.35. The molecule has 0 heterocycles. The maximum atomic E-state index is 11.8. The Morgan fingerprint density at radius 1 is 1.38 bits per heavy atom. The SMILES string of the molecule is Cc1ccc(C(=O)NCC2(CO)CC2)cc1. The van der Waals surface area contributed by atoms with Gasteiger partial charge in [0, 0.05) is 17.5 Å². The van der Waals surface area contributed by atoms with Crippen molar-refractivity contribution in [2.24, 2.45) is 5.41 Å². The third-order valence-corrected chi connectivity index (χ3v) is 3.23. The molecule has 0 aliphatic heterocycles. The van der Waals surface area contributed by atoms with Gasteiger partial charge in [-0.1, -0.05) is 17.7 Å². The lowest BCUT2D eigenvalue weighted by Gasteiger charge is -2.12. The number of nitrogens with one attached hydrogen (secondary N) is 1. The Bertz CT molecular complexity index is 379. The Balaban J connectivity index is 1.91. The lowest BCUT2D eigenvalue weighted by Crippen LogP contribution is -2.31. The molecule has 1 amide bonds. The predicted octanol–water partition coefficient (Wildman–Crippen LogP) is 1.50. The maximum absolute atomic E-state index is 11.8. The van der Waals surface area contributed by atoms with Gasteiger partial charge in [0.1, 0.15) is 0 Å². The molecule has 3 nitrogen and oxygen atoms in total. The molecular weight excluding hydrogens is 202 g/mol. The fraction of sp³-hybridized carbons (Fsp3) is 0.462. The molecule has 2 N–H and O–H groups in total. The lowest BCUT2D eigenvalue weighted by molar-refractivity contribution is 0.0935. The highest BCUT2D eigenvalue weighted by molar-refractivity contribution is 5.94. The molecule has 0 aromatic heterocycles. The predicted molar refractivity (Wildman–Crippen MR) is 62.3 cm³/mol. The molecule has 0 radical (unpaired) electrons. The fourth-order valence-corrected chi connectivity index (χ4v) is 1.64. The molecule has 16 heavy (non-hydrogen) atoms. The van der Waals surface area contributed by atoms with Crippen molar-refractivity contribution in [3.8, 4) is 0 Å². The summed E-state index contributed by atoms with van der Waals surface area (Å²) < 4.78 is 0. The van der Waals surface area contributed by atoms with Crippen LogP contribution >= 0.6 is 0 Å². The van der Waals surface area contributed by atoms with E-state index >= 15 is 0 Å². The minimum absolute atomic E-state index is 0.0274. The number of carbonyl (C=O) groups excluding carboxylic acids is 1. The number of aliphatic hydroxyl groups excluding tert-OH is 1. The zero-order valence-electron chi connectivity index (χ0n) is 9.49. The van der Waals surface area contributed by atoms with Crippen molar-refractivity contribution in [3.63, 3.8) is 0 Å². The lowest BCUT2D eigenvalue weighted by atomic mass is 10.1. The van der Waals surface area contributed by atoms with Crippen LogP contribution in [0.15, 0.2) is 24.3 Å². The second kappa shape index (κ2) is 4.26. The van der Waals surface area contributed by atoms with E-state index in [1.54, 1.807) is 0 Å². The van der Waals surface area contributed by atoms with E-state index in [-0.39, 0.29) is 17.9 Å². The molecular formula is C13H17NO2. The quantitative estimate of drug-likeness (QED) is 0.806. The summed E-state index contributed by atoms with van der Waals surface area (Å²) in [6, 6.07) is 7.49. The van der Waals surface area contributed by atoms with E-state index in [0.29, 0.717) is 12.1 Å². The highest BCUT2D eigenvalue weighted by atomic mass is 16.3. The molecule has 0 bridgehead atoms. The largest absolute Gasteiger partial charge is 0.396 e. The molecule has 1 saturated carbocycles. The summed E-state index contributed by atoms with van der Waals surface area (Å²) in [4.78, 5) is 11.8. The molecule has 1 aliphatic rings. The van der Waals surface area contributed by atoms with Crippen molar-refractivity contribution in [2.75, 3.05) is 13.2 Å². The van der Waals surface area contributed by atoms with Gasteiger partial charge in [-0.25, -0.2) is 0 Å². The molecule has 1 fully saturated rings. The number of carbonyl (C=O) groups is 1. The van der Waals surface area contributed by atoms with Crippen molar-refractivity contribution < 1.29 is 9.90 Å². The summed E-state index contributed by atoms with van der Waals surface area (Å²) in [5.74, 6) is -0.0558. The van der Waals surface area contributed by atoms with Crippen LogP contribution in [0.5, 0.6) is 0 Å². The van der Waals surface area contributed by atoms with Gasteiger partial charge in [-0.3, -0.25) is 4.79 Å². The van der Waals surface area contributed by atoms with E-state index in [0.717, 1.165) is 18.4 Å². The summed E-state index contributed by atoms with van der Waals surface area (Å²) in [5.41, 5.74) is 1.80. The Labute approximate surface area is 95.5 Å². The first-order chi connectivity index (χ1) is 7.65. The minimum atomic E-state index is -0.0558. The van der Waals surface area contributed by atoms with Crippen LogP contribution in [0.3, 0.4) is 0 Å². The van der Waals surface area contributed by atoms with Gasteiger partial charge in [-0.2, -0.15) is 0 Å². The molecule has 1 aromatic carbocycles. The van der Waals surface area contributed by atoms with Gasteiger partial charge in [-0.15, -0.1) is 0 Å². The third kappa shape index (κ3) is 2.42. The van der Waals surface area contributed by atoms with Gasteiger partial charge in [0.05, 0.1) is 6.61 Å². The first-order valence-electron chi connectivity index (χ1n) is 5.61. The van der Waals surface area contributed by atoms with Crippen LogP contribution in [0.1, 0.15) is 28.8 Å². The standard InChI is InChI=1S/C13H17NO2/c1-10-2-4-11(5-3-10)12(16)14-8-13(9-15)6-7-13/h2-5,15H,6-9H2,1H3,(H,14,16). The van der Waals surface area contributed by atoms with Crippen LogP contribution in [0, 0.1) is 12.3 Å². The number of hydrogen-bond acceptors (Lipinski definition) is 2. The van der Waals surface area contributed by atoms with Gasteiger partial charge in [0.15, 0.2) is 0 Å². The van der Waals surface area contributed by atoms with Gasteiger partial charge >= 0.3 is 0 Å². The number of benzene rings is 1. The highest BCUT2D eigenvalue weighted by Gasteiger charge is 2.42. The van der Waals surface area contributed by atoms with Crippen molar-refractivity contribution in [3.05, 3.63) is 35.4 Å². The molecule has 1 aromatic rings. The zero-order chi connectivity index (χ0) is 11.6. The number of rotatable bonds is 4. The fourth-order valence-electron chi connectivity index (χ4n) is 1.64. The monoisotopic (exact) mass is 219 g/mol. The molecule has 0 atom stereocenters. The van der Waals surface area contributed by atoms with E-state index in [9.17, 15) is 4.79 Å². The molecule has 0 saturated heterocycles. The van der Waals surface area contributed by atoms with Crippen molar-refractivity contribution >= 4 is 5.91 Å². The minimum Gasteiger partial charge on any atom is -0.396 e. The number of hydrogen-bond donors (Lipinski definition) is 2. The van der Waals surface area contributed by atoms with Crippen LogP contribution in [0.25, 0.3) is 0 Å². The van der Waals surface area contributed by atoms with E-state index in [1.807, 2.05) is 31.2 Å². The van der Waals surface area contributed by atoms with E-state index in [4.69, 9.17) is 5.11 Å². The molecule has 0 unspecified atom stereocenters. The summed E-state index contributed by atoms with van der Waals surface area (Å²) in [5, 5.41) is 12.0. The first kappa shape index (κ1) is 11.1. The summed E-state index contributed by atoms with van der Waals surface area (Å²) in [7, 11) is 0. The average Bonchev–Trinajstić information content (AvgIpc) is 3.08. The zero-order valence-corrected chi connectivity index (χ0v) is 9.49. The van der Waals surface area contributed by atoms with Crippen LogP contribution in [-0.2, 0) is 0 Å². The van der Waals surface area contributed by atoms with Crippen molar-refractivity contribution in [1.29, 1.82) is 0 Å². The van der Waals surface area contributed by atoms with Crippen LogP contribution < -0.4 is 5.32 Å². The Morgan fingerprint density at radius 3 is 2.50 bits per heavy atom. The molecule has 3 heteroatoms. The topological polar surface area (TPSA) is 49.3 Å². The van der Waals surface area contributed by atoms with Crippen molar-refractivity contribution in [1.82, 2.24) is 5.32 Å². The Kier molecular flexibility index (Phi) is 2.97. The van der Waals surface area contributed by atoms with E-state index in [1.165, 1.54) is 0 Å². The summed E-state index contributed by atoms with van der Waals surface area (Å²) in [6.45, 7) is 2.74. The third-order valence-electron chi connectivity index (χ3n) is 3.23. The normalized spacial score (nSPS) is 16.9. The number of amides is 1. The summed E-state index contributed by atoms with van der Waals surface area (Å²) >= 11 is 0. The smallest absolute Gasteiger partial charge is 0.251 e. The van der Waals surface area contributed by atoms with E-state index in [2.05, 4.69) is 5.32 Å². The molecule has 0 spiro atoms. The number of aliphatic hydroxyl groups is 1. The number of aryl methyl sites for hydroxylation is 1. The van der Waals surface area contributed by atoms with Gasteiger partial charge in [0.25, 0.3) is 5.91 Å².